The minimum atomic E-state index is -3.02. The first kappa shape index (κ1) is 26.1. The van der Waals surface area contributed by atoms with Gasteiger partial charge >= 0.3 is 6.61 Å². The Morgan fingerprint density at radius 2 is 1.72 bits per heavy atom. The molecule has 36 heavy (non-hydrogen) atoms. The summed E-state index contributed by atoms with van der Waals surface area (Å²) in [5.74, 6) is 0.504. The van der Waals surface area contributed by atoms with Crippen LogP contribution in [-0.2, 0) is 6.61 Å². The number of halogens is 2. The lowest BCUT2D eigenvalue weighted by molar-refractivity contribution is -0.385. The number of benzene rings is 3. The van der Waals surface area contributed by atoms with Crippen molar-refractivity contribution < 1.29 is 37.4 Å². The van der Waals surface area contributed by atoms with Gasteiger partial charge in [0.25, 0.3) is 5.69 Å². The number of carbonyl (C=O) groups is 1. The van der Waals surface area contributed by atoms with Gasteiger partial charge in [0, 0.05) is 22.8 Å². The lowest BCUT2D eigenvalue weighted by Gasteiger charge is -2.12. The van der Waals surface area contributed by atoms with Crippen molar-refractivity contribution in [2.75, 3.05) is 14.2 Å². The fourth-order valence-corrected chi connectivity index (χ4v) is 3.38. The Bertz CT molecular complexity index is 1290. The highest BCUT2D eigenvalue weighted by Gasteiger charge is 2.14. The molecule has 0 unspecified atom stereocenters. The van der Waals surface area contributed by atoms with Gasteiger partial charge in [-0.15, -0.1) is 0 Å². The summed E-state index contributed by atoms with van der Waals surface area (Å²) in [6.45, 7) is -1.26. The van der Waals surface area contributed by atoms with E-state index in [1.54, 1.807) is 37.3 Å². The Kier molecular flexibility index (Phi) is 8.56. The number of hydrogen-bond donors (Lipinski definition) is 0. The lowest BCUT2D eigenvalue weighted by atomic mass is 10.1. The maximum Gasteiger partial charge on any atom is 0.387 e. The zero-order chi connectivity index (χ0) is 26.2. The zero-order valence-electron chi connectivity index (χ0n) is 19.7. The molecule has 0 heterocycles. The second-order valence-corrected chi connectivity index (χ2v) is 7.51. The van der Waals surface area contributed by atoms with E-state index in [2.05, 4.69) is 4.74 Å². The molecule has 3 aromatic carbocycles. The Morgan fingerprint density at radius 3 is 2.36 bits per heavy atom. The normalized spacial score (nSPS) is 10.9. The Labute approximate surface area is 205 Å². The largest absolute Gasteiger partial charge is 0.496 e. The van der Waals surface area contributed by atoms with Gasteiger partial charge in [-0.05, 0) is 61.0 Å². The molecule has 0 bridgehead atoms. The van der Waals surface area contributed by atoms with Gasteiger partial charge in [0.15, 0.2) is 17.3 Å². The number of alkyl halides is 2. The molecule has 0 fully saturated rings. The van der Waals surface area contributed by atoms with Crippen LogP contribution in [0.5, 0.6) is 23.0 Å². The van der Waals surface area contributed by atoms with Crippen molar-refractivity contribution in [1.29, 1.82) is 0 Å². The second-order valence-electron chi connectivity index (χ2n) is 7.51. The van der Waals surface area contributed by atoms with Crippen molar-refractivity contribution in [1.82, 2.24) is 0 Å². The van der Waals surface area contributed by atoms with E-state index in [0.29, 0.717) is 28.2 Å². The van der Waals surface area contributed by atoms with Crippen LogP contribution >= 0.6 is 0 Å². The highest BCUT2D eigenvalue weighted by Crippen LogP contribution is 2.30. The summed E-state index contributed by atoms with van der Waals surface area (Å²) in [4.78, 5) is 23.2. The lowest BCUT2D eigenvalue weighted by Crippen LogP contribution is -2.04. The Balaban J connectivity index is 1.75. The zero-order valence-corrected chi connectivity index (χ0v) is 19.7. The standard InChI is InChI=1S/C26H23F2NO7/c1-16-12-20(7-8-21(16)29(31)32)35-15-19-13-17(5-10-23(19)33-2)4-9-22(30)18-6-11-24(36-26(27)28)25(14-18)34-3/h4-14,26H,15H2,1-3H3/b9-4+. The van der Waals surface area contributed by atoms with Crippen LogP contribution in [0.1, 0.15) is 27.0 Å². The molecule has 0 saturated carbocycles. The summed E-state index contributed by atoms with van der Waals surface area (Å²) in [6, 6.07) is 13.7. The molecule has 0 amide bonds. The minimum absolute atomic E-state index is 0.00513. The van der Waals surface area contributed by atoms with Crippen LogP contribution in [-0.4, -0.2) is 31.5 Å². The molecule has 188 valence electrons. The number of aryl methyl sites for hydroxylation is 1. The predicted molar refractivity (Wildman–Crippen MR) is 128 cm³/mol. The molecule has 0 aliphatic rings. The van der Waals surface area contributed by atoms with E-state index in [0.717, 1.165) is 0 Å². The Morgan fingerprint density at radius 1 is 1.00 bits per heavy atom. The number of allylic oxidation sites excluding steroid dienone is 1. The first-order chi connectivity index (χ1) is 17.2. The van der Waals surface area contributed by atoms with Gasteiger partial charge in [-0.25, -0.2) is 0 Å². The molecule has 3 rings (SSSR count). The number of carbonyl (C=O) groups excluding carboxylic acids is 1. The van der Waals surface area contributed by atoms with Gasteiger partial charge in [0.2, 0.25) is 0 Å². The molecule has 0 saturated heterocycles. The molecule has 0 spiro atoms. The highest BCUT2D eigenvalue weighted by molar-refractivity contribution is 6.07. The van der Waals surface area contributed by atoms with E-state index in [9.17, 15) is 23.7 Å². The first-order valence-corrected chi connectivity index (χ1v) is 10.6. The van der Waals surface area contributed by atoms with Gasteiger partial charge < -0.3 is 18.9 Å². The van der Waals surface area contributed by atoms with E-state index in [1.165, 1.54) is 50.6 Å². The van der Waals surface area contributed by atoms with Gasteiger partial charge in [0.05, 0.1) is 19.1 Å². The Hall–Kier alpha value is -4.47. The molecule has 10 heteroatoms. The highest BCUT2D eigenvalue weighted by atomic mass is 19.3. The quantitative estimate of drug-likeness (QED) is 0.138. The maximum atomic E-state index is 12.6. The molecule has 0 atom stereocenters. The van der Waals surface area contributed by atoms with E-state index in [4.69, 9.17) is 14.2 Å². The van der Waals surface area contributed by atoms with Gasteiger partial charge in [-0.2, -0.15) is 8.78 Å². The molecule has 8 nitrogen and oxygen atoms in total. The summed E-state index contributed by atoms with van der Waals surface area (Å²) >= 11 is 0. The monoisotopic (exact) mass is 499 g/mol. The first-order valence-electron chi connectivity index (χ1n) is 10.6. The van der Waals surface area contributed by atoms with Gasteiger partial charge in [-0.3, -0.25) is 14.9 Å². The van der Waals surface area contributed by atoms with Crippen LogP contribution in [0.3, 0.4) is 0 Å². The smallest absolute Gasteiger partial charge is 0.387 e. The average molecular weight is 499 g/mol. The molecule has 0 aromatic heterocycles. The fourth-order valence-electron chi connectivity index (χ4n) is 3.38. The minimum Gasteiger partial charge on any atom is -0.496 e. The van der Waals surface area contributed by atoms with Crippen molar-refractivity contribution in [3.05, 3.63) is 93.0 Å². The maximum absolute atomic E-state index is 12.6. The van der Waals surface area contributed by atoms with Crippen LogP contribution < -0.4 is 18.9 Å². The summed E-state index contributed by atoms with van der Waals surface area (Å²) in [6.07, 6.45) is 2.94. The van der Waals surface area contributed by atoms with Crippen LogP contribution in [0.2, 0.25) is 0 Å². The van der Waals surface area contributed by atoms with E-state index in [-0.39, 0.29) is 35.1 Å². The van der Waals surface area contributed by atoms with Crippen molar-refractivity contribution in [3.8, 4) is 23.0 Å². The van der Waals surface area contributed by atoms with Crippen molar-refractivity contribution in [2.24, 2.45) is 0 Å². The number of nitro groups is 1. The molecule has 0 N–H and O–H groups in total. The third-order valence-corrected chi connectivity index (χ3v) is 5.16. The molecule has 3 aromatic rings. The molecular weight excluding hydrogens is 476 g/mol. The molecule has 0 radical (unpaired) electrons. The van der Waals surface area contributed by atoms with Crippen LogP contribution in [0.15, 0.2) is 60.7 Å². The number of nitrogens with zero attached hydrogens (tertiary/aromatic N) is 1. The van der Waals surface area contributed by atoms with E-state index < -0.39 is 11.5 Å². The molecular formula is C26H23F2NO7. The number of nitro benzene ring substituents is 1. The number of ether oxygens (including phenoxy) is 4. The number of methoxy groups -OCH3 is 2. The van der Waals surface area contributed by atoms with E-state index >= 15 is 0 Å². The van der Waals surface area contributed by atoms with Gasteiger partial charge in [-0.1, -0.05) is 12.1 Å². The van der Waals surface area contributed by atoms with Gasteiger partial charge in [0.1, 0.15) is 18.1 Å². The van der Waals surface area contributed by atoms with Crippen molar-refractivity contribution in [2.45, 2.75) is 20.1 Å². The average Bonchev–Trinajstić information content (AvgIpc) is 2.85. The predicted octanol–water partition coefficient (Wildman–Crippen LogP) is 6.00. The van der Waals surface area contributed by atoms with Crippen molar-refractivity contribution >= 4 is 17.5 Å². The molecule has 0 aliphatic carbocycles. The van der Waals surface area contributed by atoms with E-state index in [1.807, 2.05) is 0 Å². The molecule has 0 aliphatic heterocycles. The number of ketones is 1. The van der Waals surface area contributed by atoms with Crippen LogP contribution in [0.25, 0.3) is 6.08 Å². The van der Waals surface area contributed by atoms with Crippen LogP contribution in [0, 0.1) is 17.0 Å². The number of hydrogen-bond acceptors (Lipinski definition) is 7. The second kappa shape index (κ2) is 11.8. The summed E-state index contributed by atoms with van der Waals surface area (Å²) < 4.78 is 45.6. The summed E-state index contributed by atoms with van der Waals surface area (Å²) in [7, 11) is 2.80. The topological polar surface area (TPSA) is 97.1 Å². The number of rotatable bonds is 11. The third kappa shape index (κ3) is 6.56. The summed E-state index contributed by atoms with van der Waals surface area (Å²) in [5, 5.41) is 11.0. The SMILES string of the molecule is COc1ccc(/C=C/C(=O)c2ccc(OC(F)F)c(OC)c2)cc1COc1ccc([N+](=O)[O-])c(C)c1. The van der Waals surface area contributed by atoms with Crippen molar-refractivity contribution in [3.63, 3.8) is 0 Å². The fraction of sp³-hybridized carbons (Fsp3) is 0.192. The third-order valence-electron chi connectivity index (χ3n) is 5.16. The summed E-state index contributed by atoms with van der Waals surface area (Å²) in [5.41, 5.74) is 2.09. The van der Waals surface area contributed by atoms with Crippen LogP contribution in [0.4, 0.5) is 14.5 Å².